The zero-order valence-corrected chi connectivity index (χ0v) is 7.43. The molecule has 3 N–H and O–H groups in total. The quantitative estimate of drug-likeness (QED) is 0.603. The van der Waals surface area contributed by atoms with E-state index < -0.39 is 12.1 Å². The maximum atomic E-state index is 10.6. The summed E-state index contributed by atoms with van der Waals surface area (Å²) < 4.78 is 31.7. The molecule has 1 aromatic heterocycles. The van der Waals surface area contributed by atoms with Gasteiger partial charge in [-0.1, -0.05) is 0 Å². The van der Waals surface area contributed by atoms with Gasteiger partial charge in [0.1, 0.15) is 0 Å². The van der Waals surface area contributed by atoms with Crippen LogP contribution in [0.3, 0.4) is 0 Å². The van der Waals surface area contributed by atoms with Crippen LogP contribution in [0.25, 0.3) is 0 Å². The molecular weight excluding hydrogens is 215 g/mol. The van der Waals surface area contributed by atoms with Gasteiger partial charge < -0.3 is 10.4 Å². The lowest BCUT2D eigenvalue weighted by Crippen LogP contribution is -2.21. The lowest BCUT2D eigenvalue weighted by atomic mass is 10.3. The number of carbonyl (C=O) groups is 1. The van der Waals surface area contributed by atoms with E-state index in [0.29, 0.717) is 0 Å². The molecular formula is C7H8F3N3O2. The van der Waals surface area contributed by atoms with Crippen molar-refractivity contribution in [2.24, 2.45) is 0 Å². The SMILES string of the molecule is O=C(O)C(F)(F)F.c1n[nH]c2c1CNC2. The van der Waals surface area contributed by atoms with Crippen molar-refractivity contribution < 1.29 is 23.1 Å². The molecule has 84 valence electrons. The zero-order chi connectivity index (χ0) is 11.5. The number of fused-ring (bicyclic) bond motifs is 1. The highest BCUT2D eigenvalue weighted by atomic mass is 19.4. The Balaban J connectivity index is 0.000000153. The normalized spacial score (nSPS) is 14.1. The number of carboxylic acid groups (broad SMARTS) is 1. The monoisotopic (exact) mass is 223 g/mol. The minimum absolute atomic E-state index is 0.954. The van der Waals surface area contributed by atoms with Crippen LogP contribution in [-0.2, 0) is 17.9 Å². The standard InChI is InChI=1S/C5H7N3.C2HF3O2/c1-4-2-7-8-5(4)3-6-1;3-2(4,5)1(6)7/h2,6H,1,3H2,(H,7,8);(H,6,7). The molecule has 0 spiro atoms. The molecule has 0 radical (unpaired) electrons. The molecule has 2 rings (SSSR count). The first kappa shape index (κ1) is 11.5. The third-order valence-electron chi connectivity index (χ3n) is 1.67. The van der Waals surface area contributed by atoms with Crippen molar-refractivity contribution in [3.63, 3.8) is 0 Å². The van der Waals surface area contributed by atoms with Crippen LogP contribution >= 0.6 is 0 Å². The van der Waals surface area contributed by atoms with Crippen LogP contribution in [0.4, 0.5) is 13.2 Å². The number of aromatic amines is 1. The van der Waals surface area contributed by atoms with Gasteiger partial charge in [-0.15, -0.1) is 0 Å². The number of nitrogens with zero attached hydrogens (tertiary/aromatic N) is 1. The van der Waals surface area contributed by atoms with E-state index in [9.17, 15) is 13.2 Å². The van der Waals surface area contributed by atoms with Gasteiger partial charge in [0, 0.05) is 18.7 Å². The molecule has 15 heavy (non-hydrogen) atoms. The fourth-order valence-corrected chi connectivity index (χ4v) is 0.965. The van der Waals surface area contributed by atoms with E-state index in [-0.39, 0.29) is 0 Å². The van der Waals surface area contributed by atoms with Crippen LogP contribution in [0.15, 0.2) is 6.20 Å². The summed E-state index contributed by atoms with van der Waals surface area (Å²) in [5, 5.41) is 17.1. The van der Waals surface area contributed by atoms with Gasteiger partial charge in [-0.05, 0) is 0 Å². The van der Waals surface area contributed by atoms with Crippen LogP contribution in [0.2, 0.25) is 0 Å². The summed E-state index contributed by atoms with van der Waals surface area (Å²) in [7, 11) is 0. The van der Waals surface area contributed by atoms with Gasteiger partial charge in [-0.25, -0.2) is 4.79 Å². The highest BCUT2D eigenvalue weighted by Gasteiger charge is 2.38. The molecule has 0 amide bonds. The molecule has 0 atom stereocenters. The maximum Gasteiger partial charge on any atom is 0.490 e. The molecule has 0 unspecified atom stereocenters. The Labute approximate surface area is 82.3 Å². The minimum atomic E-state index is -5.08. The summed E-state index contributed by atoms with van der Waals surface area (Å²) in [4.78, 5) is 8.90. The van der Waals surface area contributed by atoms with E-state index in [4.69, 9.17) is 9.90 Å². The predicted molar refractivity (Wildman–Crippen MR) is 42.8 cm³/mol. The maximum absolute atomic E-state index is 10.6. The van der Waals surface area contributed by atoms with E-state index in [2.05, 4.69) is 15.5 Å². The topological polar surface area (TPSA) is 78.0 Å². The average molecular weight is 223 g/mol. The Morgan fingerprint density at radius 2 is 2.07 bits per heavy atom. The van der Waals surface area contributed by atoms with Crippen molar-refractivity contribution in [3.05, 3.63) is 17.5 Å². The first-order valence-corrected chi connectivity index (χ1v) is 3.93. The molecule has 0 fully saturated rings. The number of alkyl halides is 3. The summed E-state index contributed by atoms with van der Waals surface area (Å²) in [5.74, 6) is -2.76. The minimum Gasteiger partial charge on any atom is -0.475 e. The average Bonchev–Trinajstić information content (AvgIpc) is 2.61. The van der Waals surface area contributed by atoms with E-state index >= 15 is 0 Å². The number of H-pyrrole nitrogens is 1. The van der Waals surface area contributed by atoms with Gasteiger partial charge in [-0.2, -0.15) is 18.3 Å². The summed E-state index contributed by atoms with van der Waals surface area (Å²) in [5.41, 5.74) is 2.55. The summed E-state index contributed by atoms with van der Waals surface area (Å²) in [6.45, 7) is 1.93. The van der Waals surface area contributed by atoms with E-state index in [1.54, 1.807) is 0 Å². The second-order valence-electron chi connectivity index (χ2n) is 2.78. The van der Waals surface area contributed by atoms with Gasteiger partial charge >= 0.3 is 12.1 Å². The Hall–Kier alpha value is -1.57. The van der Waals surface area contributed by atoms with Crippen molar-refractivity contribution in [3.8, 4) is 0 Å². The third-order valence-corrected chi connectivity index (χ3v) is 1.67. The lowest BCUT2D eigenvalue weighted by Gasteiger charge is -1.93. The number of hydrogen-bond donors (Lipinski definition) is 3. The van der Waals surface area contributed by atoms with Gasteiger partial charge in [0.05, 0.1) is 11.9 Å². The molecule has 0 aromatic carbocycles. The third kappa shape index (κ3) is 3.24. The van der Waals surface area contributed by atoms with Crippen molar-refractivity contribution in [2.75, 3.05) is 0 Å². The fourth-order valence-electron chi connectivity index (χ4n) is 0.965. The smallest absolute Gasteiger partial charge is 0.475 e. The largest absolute Gasteiger partial charge is 0.490 e. The van der Waals surface area contributed by atoms with Gasteiger partial charge in [0.25, 0.3) is 0 Å². The number of carboxylic acids is 1. The van der Waals surface area contributed by atoms with E-state index in [1.165, 1.54) is 11.3 Å². The summed E-state index contributed by atoms with van der Waals surface area (Å²) in [6.07, 6.45) is -3.21. The zero-order valence-electron chi connectivity index (χ0n) is 7.43. The van der Waals surface area contributed by atoms with E-state index in [0.717, 1.165) is 13.1 Å². The van der Waals surface area contributed by atoms with Gasteiger partial charge in [0.15, 0.2) is 0 Å². The highest BCUT2D eigenvalue weighted by Crippen LogP contribution is 2.13. The molecule has 0 saturated carbocycles. The van der Waals surface area contributed by atoms with Crippen LogP contribution in [-0.4, -0.2) is 27.4 Å². The van der Waals surface area contributed by atoms with Crippen LogP contribution in [0, 0.1) is 0 Å². The lowest BCUT2D eigenvalue weighted by molar-refractivity contribution is -0.192. The summed E-state index contributed by atoms with van der Waals surface area (Å²) in [6, 6.07) is 0. The van der Waals surface area contributed by atoms with Crippen molar-refractivity contribution in [2.45, 2.75) is 19.3 Å². The molecule has 5 nitrogen and oxygen atoms in total. The molecule has 1 aliphatic heterocycles. The molecule has 0 aliphatic carbocycles. The first-order valence-electron chi connectivity index (χ1n) is 3.93. The van der Waals surface area contributed by atoms with Crippen molar-refractivity contribution in [1.29, 1.82) is 0 Å². The van der Waals surface area contributed by atoms with Crippen LogP contribution < -0.4 is 5.32 Å². The molecule has 8 heteroatoms. The molecule has 1 aromatic rings. The Morgan fingerprint density at radius 1 is 1.47 bits per heavy atom. The fraction of sp³-hybridized carbons (Fsp3) is 0.429. The predicted octanol–water partition coefficient (Wildman–Crippen LogP) is 0.646. The van der Waals surface area contributed by atoms with Crippen molar-refractivity contribution >= 4 is 5.97 Å². The Bertz CT molecular complexity index is 329. The number of halogens is 3. The second kappa shape index (κ2) is 4.30. The first-order chi connectivity index (χ1) is 6.91. The van der Waals surface area contributed by atoms with Gasteiger partial charge in [0.2, 0.25) is 0 Å². The summed E-state index contributed by atoms with van der Waals surface area (Å²) >= 11 is 0. The Kier molecular flexibility index (Phi) is 3.30. The number of aliphatic carboxylic acids is 1. The molecule has 0 saturated heterocycles. The van der Waals surface area contributed by atoms with Crippen LogP contribution in [0.1, 0.15) is 11.3 Å². The van der Waals surface area contributed by atoms with E-state index in [1.807, 2.05) is 6.20 Å². The Morgan fingerprint density at radius 3 is 2.53 bits per heavy atom. The molecule has 2 heterocycles. The highest BCUT2D eigenvalue weighted by molar-refractivity contribution is 5.73. The second-order valence-corrected chi connectivity index (χ2v) is 2.78. The molecule has 0 bridgehead atoms. The number of aromatic nitrogens is 2. The number of hydrogen-bond acceptors (Lipinski definition) is 3. The van der Waals surface area contributed by atoms with Crippen LogP contribution in [0.5, 0.6) is 0 Å². The molecule has 1 aliphatic rings. The van der Waals surface area contributed by atoms with Crippen molar-refractivity contribution in [1.82, 2.24) is 15.5 Å². The van der Waals surface area contributed by atoms with Gasteiger partial charge in [-0.3, -0.25) is 5.10 Å². The number of rotatable bonds is 0. The number of nitrogens with one attached hydrogen (secondary N) is 2.